The first kappa shape index (κ1) is 18.9. The van der Waals surface area contributed by atoms with Gasteiger partial charge in [-0.3, -0.25) is 0 Å². The first-order chi connectivity index (χ1) is 13.6. The topological polar surface area (TPSA) is 81.7 Å². The fourth-order valence-corrected chi connectivity index (χ4v) is 4.81. The van der Waals surface area contributed by atoms with Crippen molar-refractivity contribution in [2.24, 2.45) is 0 Å². The lowest BCUT2D eigenvalue weighted by Crippen LogP contribution is -2.47. The molecule has 2 fully saturated rings. The fourth-order valence-electron chi connectivity index (χ4n) is 3.86. The van der Waals surface area contributed by atoms with E-state index in [0.29, 0.717) is 4.90 Å². The molecular weight excluding hydrogens is 376 g/mol. The van der Waals surface area contributed by atoms with Gasteiger partial charge in [-0.25, -0.2) is 23.1 Å². The Bertz CT molecular complexity index is 922. The molecule has 1 aromatic heterocycles. The van der Waals surface area contributed by atoms with Crippen LogP contribution in [0.4, 0.5) is 17.3 Å². The van der Waals surface area contributed by atoms with E-state index in [1.54, 1.807) is 18.5 Å². The normalized spacial score (nSPS) is 18.0. The van der Waals surface area contributed by atoms with Gasteiger partial charge in [0.05, 0.1) is 5.69 Å². The molecule has 2 saturated heterocycles. The van der Waals surface area contributed by atoms with Gasteiger partial charge in [0.25, 0.3) is 0 Å². The molecule has 0 amide bonds. The Kier molecular flexibility index (Phi) is 5.36. The van der Waals surface area contributed by atoms with Crippen LogP contribution >= 0.6 is 0 Å². The van der Waals surface area contributed by atoms with Crippen molar-refractivity contribution in [3.63, 3.8) is 0 Å². The minimum atomic E-state index is -3.49. The van der Waals surface area contributed by atoms with Gasteiger partial charge in [-0.05, 0) is 32.0 Å². The summed E-state index contributed by atoms with van der Waals surface area (Å²) in [4.78, 5) is 15.9. The lowest BCUT2D eigenvalue weighted by Gasteiger charge is -2.37. The second kappa shape index (κ2) is 7.92. The van der Waals surface area contributed by atoms with Crippen LogP contribution in [0.5, 0.6) is 0 Å². The van der Waals surface area contributed by atoms with Crippen molar-refractivity contribution in [3.05, 3.63) is 36.7 Å². The average molecular weight is 403 g/mol. The number of rotatable bonds is 5. The molecule has 8 nitrogen and oxygen atoms in total. The summed E-state index contributed by atoms with van der Waals surface area (Å²) in [6.07, 6.45) is 4.07. The van der Waals surface area contributed by atoms with E-state index < -0.39 is 10.0 Å². The summed E-state index contributed by atoms with van der Waals surface area (Å²) >= 11 is 0. The molecule has 0 radical (unpaired) electrons. The highest BCUT2D eigenvalue weighted by Crippen LogP contribution is 2.27. The highest BCUT2D eigenvalue weighted by Gasteiger charge is 2.24. The Morgan fingerprint density at radius 1 is 0.857 bits per heavy atom. The molecule has 0 unspecified atom stereocenters. The van der Waals surface area contributed by atoms with E-state index in [1.165, 1.54) is 19.9 Å². The zero-order valence-corrected chi connectivity index (χ0v) is 16.9. The summed E-state index contributed by atoms with van der Waals surface area (Å²) in [6.45, 7) is 5.15. The monoisotopic (exact) mass is 402 g/mol. The summed E-state index contributed by atoms with van der Waals surface area (Å²) in [6, 6.07) is 9.23. The molecule has 0 saturated carbocycles. The van der Waals surface area contributed by atoms with Crippen molar-refractivity contribution in [2.45, 2.75) is 17.7 Å². The van der Waals surface area contributed by atoms with Crippen LogP contribution in [0.1, 0.15) is 12.8 Å². The molecule has 28 heavy (non-hydrogen) atoms. The van der Waals surface area contributed by atoms with E-state index in [2.05, 4.69) is 35.5 Å². The van der Waals surface area contributed by atoms with Crippen molar-refractivity contribution < 1.29 is 8.42 Å². The number of piperazine rings is 1. The molecule has 1 aromatic carbocycles. The number of aromatic nitrogens is 2. The molecule has 2 aromatic rings. The molecule has 0 bridgehead atoms. The molecule has 9 heteroatoms. The van der Waals surface area contributed by atoms with E-state index >= 15 is 0 Å². The summed E-state index contributed by atoms with van der Waals surface area (Å²) in [5, 5.41) is 0. The number of benzene rings is 1. The molecule has 0 aliphatic carbocycles. The maximum absolute atomic E-state index is 12.3. The van der Waals surface area contributed by atoms with Crippen LogP contribution in [0.3, 0.4) is 0 Å². The van der Waals surface area contributed by atoms with Crippen molar-refractivity contribution >= 4 is 27.3 Å². The lowest BCUT2D eigenvalue weighted by molar-refractivity contribution is 0.586. The molecule has 3 heterocycles. The van der Waals surface area contributed by atoms with E-state index in [9.17, 15) is 8.42 Å². The van der Waals surface area contributed by atoms with Gasteiger partial charge in [-0.15, -0.1) is 0 Å². The number of hydrogen-bond acceptors (Lipinski definition) is 7. The third-order valence-electron chi connectivity index (χ3n) is 5.44. The van der Waals surface area contributed by atoms with Gasteiger partial charge < -0.3 is 14.7 Å². The van der Waals surface area contributed by atoms with E-state index in [-0.39, 0.29) is 0 Å². The second-order valence-electron chi connectivity index (χ2n) is 7.08. The Balaban J connectivity index is 1.48. The third-order valence-corrected chi connectivity index (χ3v) is 6.90. The van der Waals surface area contributed by atoms with Gasteiger partial charge in [0, 0.05) is 45.3 Å². The molecule has 150 valence electrons. The van der Waals surface area contributed by atoms with Gasteiger partial charge in [0.1, 0.15) is 22.9 Å². The number of anilines is 3. The molecule has 4 rings (SSSR count). The van der Waals surface area contributed by atoms with Crippen molar-refractivity contribution in [2.75, 3.05) is 61.0 Å². The Morgan fingerprint density at radius 2 is 1.43 bits per heavy atom. The average Bonchev–Trinajstić information content (AvgIpc) is 3.29. The quantitative estimate of drug-likeness (QED) is 0.808. The standard InChI is InChI=1S/C19H26N6O2S/c1-20-28(26,27)17-7-3-2-6-16(17)23-10-12-25(13-11-23)19-14-18(21-15-22-19)24-8-4-5-9-24/h2-3,6-7,14-15,20H,4-5,8-13H2,1H3. The summed E-state index contributed by atoms with van der Waals surface area (Å²) in [5.41, 5.74) is 0.747. The van der Waals surface area contributed by atoms with Gasteiger partial charge in [0.15, 0.2) is 0 Å². The van der Waals surface area contributed by atoms with E-state index in [1.807, 2.05) is 12.1 Å². The summed E-state index contributed by atoms with van der Waals surface area (Å²) < 4.78 is 27.1. The third kappa shape index (κ3) is 3.77. The first-order valence-electron chi connectivity index (χ1n) is 9.68. The number of sulfonamides is 1. The number of nitrogens with zero attached hydrogens (tertiary/aromatic N) is 5. The molecule has 0 atom stereocenters. The zero-order chi connectivity index (χ0) is 19.6. The predicted octanol–water partition coefficient (Wildman–Crippen LogP) is 1.31. The first-order valence-corrected chi connectivity index (χ1v) is 11.2. The van der Waals surface area contributed by atoms with Crippen LogP contribution in [0, 0.1) is 0 Å². The van der Waals surface area contributed by atoms with E-state index in [4.69, 9.17) is 0 Å². The van der Waals surface area contributed by atoms with Crippen LogP contribution in [-0.4, -0.2) is 64.7 Å². The summed E-state index contributed by atoms with van der Waals surface area (Å²) in [7, 11) is -2.05. The van der Waals surface area contributed by atoms with Crippen LogP contribution in [0.2, 0.25) is 0 Å². The predicted molar refractivity (Wildman–Crippen MR) is 111 cm³/mol. The van der Waals surface area contributed by atoms with Gasteiger partial charge >= 0.3 is 0 Å². The Hall–Kier alpha value is -2.39. The van der Waals surface area contributed by atoms with Crippen molar-refractivity contribution in [3.8, 4) is 0 Å². The smallest absolute Gasteiger partial charge is 0.242 e. The van der Waals surface area contributed by atoms with Crippen LogP contribution in [-0.2, 0) is 10.0 Å². The van der Waals surface area contributed by atoms with Gasteiger partial charge in [0.2, 0.25) is 10.0 Å². The van der Waals surface area contributed by atoms with Crippen LogP contribution in [0.15, 0.2) is 41.6 Å². The zero-order valence-electron chi connectivity index (χ0n) is 16.1. The van der Waals surface area contributed by atoms with Gasteiger partial charge in [-0.1, -0.05) is 12.1 Å². The van der Waals surface area contributed by atoms with E-state index in [0.717, 1.165) is 56.6 Å². The van der Waals surface area contributed by atoms with Crippen LogP contribution in [0.25, 0.3) is 0 Å². The maximum atomic E-state index is 12.3. The molecular formula is C19H26N6O2S. The second-order valence-corrected chi connectivity index (χ2v) is 8.93. The maximum Gasteiger partial charge on any atom is 0.242 e. The lowest BCUT2D eigenvalue weighted by atomic mass is 10.2. The van der Waals surface area contributed by atoms with Gasteiger partial charge in [-0.2, -0.15) is 0 Å². The molecule has 0 spiro atoms. The molecule has 2 aliphatic rings. The highest BCUT2D eigenvalue weighted by atomic mass is 32.2. The van der Waals surface area contributed by atoms with Crippen LogP contribution < -0.4 is 19.4 Å². The Morgan fingerprint density at radius 3 is 2.07 bits per heavy atom. The number of nitrogens with one attached hydrogen (secondary N) is 1. The molecule has 2 aliphatic heterocycles. The SMILES string of the molecule is CNS(=O)(=O)c1ccccc1N1CCN(c2cc(N3CCCC3)ncn2)CC1. The number of hydrogen-bond donors (Lipinski definition) is 1. The number of para-hydroxylation sites is 1. The molecule has 1 N–H and O–H groups in total. The minimum Gasteiger partial charge on any atom is -0.367 e. The largest absolute Gasteiger partial charge is 0.367 e. The fraction of sp³-hybridized carbons (Fsp3) is 0.474. The minimum absolute atomic E-state index is 0.323. The summed E-state index contributed by atoms with van der Waals surface area (Å²) in [5.74, 6) is 1.93. The van der Waals surface area contributed by atoms with Crippen molar-refractivity contribution in [1.82, 2.24) is 14.7 Å². The Labute approximate surface area is 166 Å². The van der Waals surface area contributed by atoms with Crippen molar-refractivity contribution in [1.29, 1.82) is 0 Å². The highest BCUT2D eigenvalue weighted by molar-refractivity contribution is 7.89.